The summed E-state index contributed by atoms with van der Waals surface area (Å²) < 4.78 is 5.55. The fourth-order valence-electron chi connectivity index (χ4n) is 1.34. The second-order valence-corrected chi connectivity index (χ2v) is 5.54. The van der Waals surface area contributed by atoms with Crippen molar-refractivity contribution in [3.63, 3.8) is 0 Å². The van der Waals surface area contributed by atoms with Crippen LogP contribution in [-0.2, 0) is 0 Å². The van der Waals surface area contributed by atoms with Gasteiger partial charge in [-0.1, -0.05) is 18.2 Å². The molecule has 2 rings (SSSR count). The zero-order valence-corrected chi connectivity index (χ0v) is 11.2. The Balaban J connectivity index is 1.73. The van der Waals surface area contributed by atoms with Crippen molar-refractivity contribution in [3.05, 3.63) is 46.7 Å². The van der Waals surface area contributed by atoms with Gasteiger partial charge < -0.3 is 9.84 Å². The van der Waals surface area contributed by atoms with Crippen molar-refractivity contribution >= 4 is 29.1 Å². The lowest BCUT2D eigenvalue weighted by molar-refractivity contribution is 0.0702. The van der Waals surface area contributed by atoms with E-state index < -0.39 is 5.97 Å². The number of carboxylic acid groups (broad SMARTS) is 1. The van der Waals surface area contributed by atoms with Gasteiger partial charge in [-0.2, -0.15) is 0 Å². The van der Waals surface area contributed by atoms with Gasteiger partial charge in [0.05, 0.1) is 6.61 Å². The van der Waals surface area contributed by atoms with E-state index in [1.54, 1.807) is 17.8 Å². The first kappa shape index (κ1) is 13.0. The SMILES string of the molecule is O=C(O)c1cc(SCCOc2ccccc2)cs1. The fraction of sp³-hybridized carbons (Fsp3) is 0.154. The van der Waals surface area contributed by atoms with Crippen LogP contribution in [0.3, 0.4) is 0 Å². The summed E-state index contributed by atoms with van der Waals surface area (Å²) in [5.74, 6) is 0.784. The number of para-hydroxylation sites is 1. The van der Waals surface area contributed by atoms with Gasteiger partial charge in [0.25, 0.3) is 0 Å². The van der Waals surface area contributed by atoms with Crippen molar-refractivity contribution in [2.45, 2.75) is 4.90 Å². The van der Waals surface area contributed by atoms with E-state index >= 15 is 0 Å². The van der Waals surface area contributed by atoms with Crippen LogP contribution in [0.25, 0.3) is 0 Å². The van der Waals surface area contributed by atoms with Gasteiger partial charge in [-0.25, -0.2) is 4.79 Å². The highest BCUT2D eigenvalue weighted by atomic mass is 32.2. The summed E-state index contributed by atoms with van der Waals surface area (Å²) >= 11 is 2.85. The van der Waals surface area contributed by atoms with Crippen molar-refractivity contribution in [2.24, 2.45) is 0 Å². The van der Waals surface area contributed by atoms with E-state index in [0.717, 1.165) is 16.4 Å². The molecule has 5 heteroatoms. The highest BCUT2D eigenvalue weighted by Gasteiger charge is 2.06. The van der Waals surface area contributed by atoms with Gasteiger partial charge in [-0.05, 0) is 18.2 Å². The Kier molecular flexibility index (Phi) is 4.66. The third-order valence-electron chi connectivity index (χ3n) is 2.15. The topological polar surface area (TPSA) is 46.5 Å². The van der Waals surface area contributed by atoms with Gasteiger partial charge in [0.15, 0.2) is 0 Å². The summed E-state index contributed by atoms with van der Waals surface area (Å²) in [7, 11) is 0. The summed E-state index contributed by atoms with van der Waals surface area (Å²) in [5, 5.41) is 10.7. The van der Waals surface area contributed by atoms with Crippen molar-refractivity contribution in [1.29, 1.82) is 0 Å². The Bertz CT molecular complexity index is 508. The minimum Gasteiger partial charge on any atom is -0.493 e. The maximum Gasteiger partial charge on any atom is 0.345 e. The minimum atomic E-state index is -0.868. The van der Waals surface area contributed by atoms with Crippen LogP contribution in [0, 0.1) is 0 Å². The smallest absolute Gasteiger partial charge is 0.345 e. The van der Waals surface area contributed by atoms with E-state index in [0.29, 0.717) is 11.5 Å². The van der Waals surface area contributed by atoms with E-state index in [1.807, 2.05) is 35.7 Å². The number of carboxylic acids is 1. The highest BCUT2D eigenvalue weighted by Crippen LogP contribution is 2.24. The van der Waals surface area contributed by atoms with Crippen LogP contribution in [-0.4, -0.2) is 23.4 Å². The van der Waals surface area contributed by atoms with E-state index in [1.165, 1.54) is 11.3 Å². The lowest BCUT2D eigenvalue weighted by Gasteiger charge is -2.04. The standard InChI is InChI=1S/C13H12O3S2/c14-13(15)12-8-11(9-18-12)17-7-6-16-10-4-2-1-3-5-10/h1-5,8-9H,6-7H2,(H,14,15). The highest BCUT2D eigenvalue weighted by molar-refractivity contribution is 7.99. The van der Waals surface area contributed by atoms with Crippen LogP contribution in [0.2, 0.25) is 0 Å². The molecule has 1 aromatic heterocycles. The number of thiophene rings is 1. The molecule has 0 aliphatic carbocycles. The maximum atomic E-state index is 10.7. The Morgan fingerprint density at radius 3 is 2.78 bits per heavy atom. The summed E-state index contributed by atoms with van der Waals surface area (Å²) in [4.78, 5) is 12.1. The van der Waals surface area contributed by atoms with Crippen LogP contribution in [0.1, 0.15) is 9.67 Å². The lowest BCUT2D eigenvalue weighted by Crippen LogP contribution is -1.99. The molecule has 0 aliphatic rings. The average molecular weight is 280 g/mol. The van der Waals surface area contributed by atoms with Gasteiger partial charge in [-0.15, -0.1) is 23.1 Å². The molecule has 1 N–H and O–H groups in total. The molecule has 18 heavy (non-hydrogen) atoms. The number of ether oxygens (including phenoxy) is 1. The molecular weight excluding hydrogens is 268 g/mol. The Hall–Kier alpha value is -1.46. The normalized spacial score (nSPS) is 10.2. The quantitative estimate of drug-likeness (QED) is 0.648. The molecule has 0 unspecified atom stereocenters. The van der Waals surface area contributed by atoms with Crippen LogP contribution in [0.4, 0.5) is 0 Å². The van der Waals surface area contributed by atoms with Crippen LogP contribution >= 0.6 is 23.1 Å². The zero-order valence-electron chi connectivity index (χ0n) is 9.54. The molecule has 0 bridgehead atoms. The Morgan fingerprint density at radius 1 is 1.33 bits per heavy atom. The molecule has 0 amide bonds. The Morgan fingerprint density at radius 2 is 2.11 bits per heavy atom. The summed E-state index contributed by atoms with van der Waals surface area (Å²) in [6, 6.07) is 11.3. The lowest BCUT2D eigenvalue weighted by atomic mass is 10.3. The first-order valence-corrected chi connectivity index (χ1v) is 7.25. The monoisotopic (exact) mass is 280 g/mol. The van der Waals surface area contributed by atoms with Crippen LogP contribution < -0.4 is 4.74 Å². The first-order chi connectivity index (χ1) is 8.75. The molecular formula is C13H12O3S2. The number of benzene rings is 1. The van der Waals surface area contributed by atoms with Gasteiger partial charge >= 0.3 is 5.97 Å². The molecule has 94 valence electrons. The van der Waals surface area contributed by atoms with Crippen molar-refractivity contribution in [1.82, 2.24) is 0 Å². The average Bonchev–Trinajstić information content (AvgIpc) is 2.85. The molecule has 0 saturated carbocycles. The Labute approximate surface area is 113 Å². The number of thioether (sulfide) groups is 1. The minimum absolute atomic E-state index is 0.376. The van der Waals surface area contributed by atoms with E-state index in [2.05, 4.69) is 0 Å². The number of hydrogen-bond acceptors (Lipinski definition) is 4. The molecule has 0 spiro atoms. The molecule has 2 aromatic rings. The molecule has 3 nitrogen and oxygen atoms in total. The predicted molar refractivity (Wildman–Crippen MR) is 73.9 cm³/mol. The second kappa shape index (κ2) is 6.47. The molecule has 0 fully saturated rings. The van der Waals surface area contributed by atoms with Gasteiger partial charge in [0.2, 0.25) is 0 Å². The largest absolute Gasteiger partial charge is 0.493 e. The molecule has 1 heterocycles. The molecule has 0 aliphatic heterocycles. The van der Waals surface area contributed by atoms with Crippen LogP contribution in [0.5, 0.6) is 5.75 Å². The van der Waals surface area contributed by atoms with Gasteiger partial charge in [0, 0.05) is 16.0 Å². The number of carbonyl (C=O) groups is 1. The third kappa shape index (κ3) is 3.78. The van der Waals surface area contributed by atoms with Crippen molar-refractivity contribution in [2.75, 3.05) is 12.4 Å². The molecule has 1 aromatic carbocycles. The molecule has 0 saturated heterocycles. The van der Waals surface area contributed by atoms with E-state index in [-0.39, 0.29) is 0 Å². The number of rotatable bonds is 6. The fourth-order valence-corrected chi connectivity index (χ4v) is 3.04. The second-order valence-electron chi connectivity index (χ2n) is 3.46. The predicted octanol–water partition coefficient (Wildman–Crippen LogP) is 3.62. The van der Waals surface area contributed by atoms with Crippen LogP contribution in [0.15, 0.2) is 46.7 Å². The summed E-state index contributed by atoms with van der Waals surface area (Å²) in [6.45, 7) is 0.604. The number of aromatic carboxylic acids is 1. The summed E-state index contributed by atoms with van der Waals surface area (Å²) in [6.07, 6.45) is 0. The number of hydrogen-bond donors (Lipinski definition) is 1. The summed E-state index contributed by atoms with van der Waals surface area (Å²) in [5.41, 5.74) is 0. The third-order valence-corrected chi connectivity index (χ3v) is 4.16. The molecule has 0 atom stereocenters. The van der Waals surface area contributed by atoms with Gasteiger partial charge in [-0.3, -0.25) is 0 Å². The molecule has 0 radical (unpaired) electrons. The van der Waals surface area contributed by atoms with E-state index in [9.17, 15) is 4.79 Å². The zero-order chi connectivity index (χ0) is 12.8. The first-order valence-electron chi connectivity index (χ1n) is 5.38. The van der Waals surface area contributed by atoms with E-state index in [4.69, 9.17) is 9.84 Å². The van der Waals surface area contributed by atoms with Gasteiger partial charge in [0.1, 0.15) is 10.6 Å². The van der Waals surface area contributed by atoms with Crippen molar-refractivity contribution in [3.8, 4) is 5.75 Å². The van der Waals surface area contributed by atoms with Crippen molar-refractivity contribution < 1.29 is 14.6 Å². The maximum absolute atomic E-state index is 10.7.